The third kappa shape index (κ3) is 2.39. The van der Waals surface area contributed by atoms with Crippen LogP contribution in [0.15, 0.2) is 6.33 Å². The van der Waals surface area contributed by atoms with Gasteiger partial charge >= 0.3 is 0 Å². The van der Waals surface area contributed by atoms with Gasteiger partial charge in [-0.3, -0.25) is 9.58 Å². The smallest absolute Gasteiger partial charge is 0.140 e. The quantitative estimate of drug-likeness (QED) is 0.711. The summed E-state index contributed by atoms with van der Waals surface area (Å²) >= 11 is 0. The number of nitriles is 1. The molecule has 0 saturated heterocycles. The van der Waals surface area contributed by atoms with E-state index in [0.717, 1.165) is 12.4 Å². The Kier molecular flexibility index (Phi) is 3.52. The number of aromatic nitrogens is 3. The van der Waals surface area contributed by atoms with Crippen molar-refractivity contribution in [3.8, 4) is 6.07 Å². The van der Waals surface area contributed by atoms with Gasteiger partial charge in [-0.2, -0.15) is 10.4 Å². The molecule has 0 N–H and O–H groups in total. The number of rotatable bonds is 4. The van der Waals surface area contributed by atoms with Crippen molar-refractivity contribution in [2.45, 2.75) is 38.3 Å². The molecule has 0 bridgehead atoms. The molecule has 1 aromatic rings. The van der Waals surface area contributed by atoms with Gasteiger partial charge in [-0.05, 0) is 12.8 Å². The van der Waals surface area contributed by atoms with E-state index in [0.29, 0.717) is 12.6 Å². The molecule has 5 nitrogen and oxygen atoms in total. The van der Waals surface area contributed by atoms with Gasteiger partial charge in [-0.15, -0.1) is 0 Å². The highest BCUT2D eigenvalue weighted by Crippen LogP contribution is 2.24. The maximum absolute atomic E-state index is 8.86. The number of aryl methyl sites for hydroxylation is 1. The number of nitrogens with zero attached hydrogens (tertiary/aromatic N) is 5. The van der Waals surface area contributed by atoms with Crippen molar-refractivity contribution in [2.24, 2.45) is 7.05 Å². The standard InChI is InChI=1S/C11H17N5/c1-15-11(13-9-14-15)8-16(7-6-12)10-4-2-3-5-10/h9-10H,2-5,7-8H2,1H3. The topological polar surface area (TPSA) is 57.7 Å². The highest BCUT2D eigenvalue weighted by molar-refractivity contribution is 4.90. The van der Waals surface area contributed by atoms with E-state index in [2.05, 4.69) is 21.1 Å². The van der Waals surface area contributed by atoms with Gasteiger partial charge < -0.3 is 0 Å². The molecule has 1 aliphatic carbocycles. The normalized spacial score (nSPS) is 16.8. The summed E-state index contributed by atoms with van der Waals surface area (Å²) in [6, 6.07) is 2.80. The van der Waals surface area contributed by atoms with E-state index < -0.39 is 0 Å². The first-order chi connectivity index (χ1) is 7.81. The highest BCUT2D eigenvalue weighted by atomic mass is 15.3. The minimum atomic E-state index is 0.484. The van der Waals surface area contributed by atoms with Crippen LogP contribution in [0.3, 0.4) is 0 Å². The van der Waals surface area contributed by atoms with Crippen molar-refractivity contribution in [2.75, 3.05) is 6.54 Å². The molecule has 1 heterocycles. The second-order valence-corrected chi connectivity index (χ2v) is 4.30. The van der Waals surface area contributed by atoms with Crippen LogP contribution in [0.4, 0.5) is 0 Å². The molecular formula is C11H17N5. The van der Waals surface area contributed by atoms with Gasteiger partial charge in [0.25, 0.3) is 0 Å². The monoisotopic (exact) mass is 219 g/mol. The number of hydrogen-bond donors (Lipinski definition) is 0. The summed E-state index contributed by atoms with van der Waals surface area (Å²) in [6.07, 6.45) is 6.55. The van der Waals surface area contributed by atoms with E-state index in [9.17, 15) is 0 Å². The van der Waals surface area contributed by atoms with E-state index in [1.54, 1.807) is 11.0 Å². The molecule has 0 atom stereocenters. The lowest BCUT2D eigenvalue weighted by atomic mass is 10.2. The maximum atomic E-state index is 8.86. The average Bonchev–Trinajstić information content (AvgIpc) is 2.90. The predicted molar refractivity (Wildman–Crippen MR) is 59.3 cm³/mol. The zero-order valence-electron chi connectivity index (χ0n) is 9.63. The van der Waals surface area contributed by atoms with E-state index >= 15 is 0 Å². The van der Waals surface area contributed by atoms with Crippen molar-refractivity contribution in [1.29, 1.82) is 5.26 Å². The summed E-state index contributed by atoms with van der Waals surface area (Å²) in [5.74, 6) is 0.933. The molecule has 1 aromatic heterocycles. The van der Waals surface area contributed by atoms with Crippen LogP contribution in [0.5, 0.6) is 0 Å². The molecule has 5 heteroatoms. The average molecular weight is 219 g/mol. The molecule has 1 fully saturated rings. The summed E-state index contributed by atoms with van der Waals surface area (Å²) in [5, 5.41) is 12.9. The van der Waals surface area contributed by atoms with Crippen LogP contribution in [-0.2, 0) is 13.6 Å². The van der Waals surface area contributed by atoms with Crippen LogP contribution < -0.4 is 0 Å². The van der Waals surface area contributed by atoms with E-state index in [-0.39, 0.29) is 0 Å². The lowest BCUT2D eigenvalue weighted by Gasteiger charge is -2.25. The van der Waals surface area contributed by atoms with Gasteiger partial charge in [0.1, 0.15) is 12.2 Å². The molecule has 1 saturated carbocycles. The summed E-state index contributed by atoms with van der Waals surface area (Å²) in [5.41, 5.74) is 0. The molecule has 1 aliphatic rings. The van der Waals surface area contributed by atoms with Gasteiger partial charge in [0.15, 0.2) is 0 Å². The van der Waals surface area contributed by atoms with Crippen molar-refractivity contribution >= 4 is 0 Å². The van der Waals surface area contributed by atoms with Crippen molar-refractivity contribution in [3.63, 3.8) is 0 Å². The molecule has 0 aromatic carbocycles. The Labute approximate surface area is 95.7 Å². The Hall–Kier alpha value is -1.41. The van der Waals surface area contributed by atoms with Crippen LogP contribution in [0.25, 0.3) is 0 Å². The first-order valence-electron chi connectivity index (χ1n) is 5.75. The fraction of sp³-hybridized carbons (Fsp3) is 0.727. The van der Waals surface area contributed by atoms with Crippen LogP contribution in [-0.4, -0.2) is 32.3 Å². The third-order valence-corrected chi connectivity index (χ3v) is 3.26. The second kappa shape index (κ2) is 5.08. The lowest BCUT2D eigenvalue weighted by Crippen LogP contribution is -2.34. The first kappa shape index (κ1) is 11.1. The van der Waals surface area contributed by atoms with Crippen LogP contribution >= 0.6 is 0 Å². The minimum Gasteiger partial charge on any atom is -0.280 e. The van der Waals surface area contributed by atoms with Crippen molar-refractivity contribution in [1.82, 2.24) is 19.7 Å². The van der Waals surface area contributed by atoms with E-state index in [4.69, 9.17) is 5.26 Å². The van der Waals surface area contributed by atoms with Crippen molar-refractivity contribution in [3.05, 3.63) is 12.2 Å². The molecule has 0 radical (unpaired) electrons. The predicted octanol–water partition coefficient (Wildman–Crippen LogP) is 1.08. The lowest BCUT2D eigenvalue weighted by molar-refractivity contribution is 0.206. The molecule has 86 valence electrons. The molecule has 0 amide bonds. The Morgan fingerprint density at radius 3 is 2.88 bits per heavy atom. The van der Waals surface area contributed by atoms with E-state index in [1.165, 1.54) is 25.7 Å². The van der Waals surface area contributed by atoms with Gasteiger partial charge in [0.2, 0.25) is 0 Å². The fourth-order valence-corrected chi connectivity index (χ4v) is 2.32. The van der Waals surface area contributed by atoms with Gasteiger partial charge in [-0.25, -0.2) is 4.98 Å². The third-order valence-electron chi connectivity index (χ3n) is 3.26. The number of hydrogen-bond acceptors (Lipinski definition) is 4. The van der Waals surface area contributed by atoms with Crippen LogP contribution in [0, 0.1) is 11.3 Å². The SMILES string of the molecule is Cn1ncnc1CN(CC#N)C1CCCC1. The summed E-state index contributed by atoms with van der Waals surface area (Å²) in [6.45, 7) is 1.21. The second-order valence-electron chi connectivity index (χ2n) is 4.30. The van der Waals surface area contributed by atoms with Crippen LogP contribution in [0.2, 0.25) is 0 Å². The van der Waals surface area contributed by atoms with Crippen LogP contribution in [0.1, 0.15) is 31.5 Å². The molecular weight excluding hydrogens is 202 g/mol. The minimum absolute atomic E-state index is 0.484. The Morgan fingerprint density at radius 2 is 2.31 bits per heavy atom. The van der Waals surface area contributed by atoms with Gasteiger partial charge in [0.05, 0.1) is 19.2 Å². The first-order valence-corrected chi connectivity index (χ1v) is 5.75. The molecule has 16 heavy (non-hydrogen) atoms. The molecule has 2 rings (SSSR count). The summed E-state index contributed by atoms with van der Waals surface area (Å²) in [4.78, 5) is 6.43. The van der Waals surface area contributed by atoms with Gasteiger partial charge in [0, 0.05) is 13.1 Å². The van der Waals surface area contributed by atoms with E-state index in [1.807, 2.05) is 7.05 Å². The maximum Gasteiger partial charge on any atom is 0.140 e. The zero-order chi connectivity index (χ0) is 11.4. The molecule has 0 unspecified atom stereocenters. The highest BCUT2D eigenvalue weighted by Gasteiger charge is 2.23. The largest absolute Gasteiger partial charge is 0.280 e. The molecule has 0 aliphatic heterocycles. The fourth-order valence-electron chi connectivity index (χ4n) is 2.32. The Balaban J connectivity index is 2.02. The zero-order valence-corrected chi connectivity index (χ0v) is 9.63. The summed E-state index contributed by atoms with van der Waals surface area (Å²) < 4.78 is 1.78. The van der Waals surface area contributed by atoms with Crippen molar-refractivity contribution < 1.29 is 0 Å². The summed E-state index contributed by atoms with van der Waals surface area (Å²) in [7, 11) is 1.89. The van der Waals surface area contributed by atoms with Gasteiger partial charge in [-0.1, -0.05) is 12.8 Å². The molecule has 0 spiro atoms. The Bertz CT molecular complexity index is 372. The Morgan fingerprint density at radius 1 is 1.56 bits per heavy atom.